The summed E-state index contributed by atoms with van der Waals surface area (Å²) in [6, 6.07) is 4.39. The fourth-order valence-electron chi connectivity index (χ4n) is 3.05. The molecule has 0 spiro atoms. The highest BCUT2D eigenvalue weighted by Crippen LogP contribution is 2.21. The Kier molecular flexibility index (Phi) is 10.6. The second-order valence-electron chi connectivity index (χ2n) is 9.70. The molecule has 30 heavy (non-hydrogen) atoms. The summed E-state index contributed by atoms with van der Waals surface area (Å²) in [4.78, 5) is 24.2. The van der Waals surface area contributed by atoms with Gasteiger partial charge in [0.2, 0.25) is 0 Å². The number of para-hydroxylation sites is 1. The third kappa shape index (κ3) is 9.16. The minimum absolute atomic E-state index is 0.0218. The summed E-state index contributed by atoms with van der Waals surface area (Å²) in [7, 11) is 0. The molecule has 6 nitrogen and oxygen atoms in total. The predicted octanol–water partition coefficient (Wildman–Crippen LogP) is 3.70. The second-order valence-corrected chi connectivity index (χ2v) is 9.70. The normalized spacial score (nSPS) is 11.9. The van der Waals surface area contributed by atoms with Crippen molar-refractivity contribution >= 4 is 11.8 Å². The zero-order valence-electron chi connectivity index (χ0n) is 20.7. The number of hydrogen-bond acceptors (Lipinski definition) is 3. The van der Waals surface area contributed by atoms with Gasteiger partial charge in [0, 0.05) is 22.2 Å². The van der Waals surface area contributed by atoms with Crippen LogP contribution in [0.2, 0.25) is 0 Å². The number of carbonyl (C=O) groups excluding carboxylic acids is 2. The molecule has 6 heteroatoms. The van der Waals surface area contributed by atoms with E-state index in [0.717, 1.165) is 0 Å². The Labute approximate surface area is 183 Å². The molecule has 0 radical (unpaired) electrons. The number of amides is 2. The number of quaternary nitrogens is 1. The van der Waals surface area contributed by atoms with Gasteiger partial charge in [-0.2, -0.15) is 0 Å². The standard InChI is InChI=1S/C16H24N2O3.C8H20N/c1-15(2,3)17-13(20)10-8-7-9-11(12(10)19)14(21)18-16(4,5)6;1-5-9(6-2,7-3)8-4/h7-9,19H,1-6H3,(H,17,20)(H,18,21);5-8H2,1-4H3/q;+1/p-1. The van der Waals surface area contributed by atoms with Gasteiger partial charge in [0.1, 0.15) is 0 Å². The van der Waals surface area contributed by atoms with Crippen molar-refractivity contribution in [3.05, 3.63) is 29.3 Å². The first-order valence-electron chi connectivity index (χ1n) is 10.9. The van der Waals surface area contributed by atoms with Crippen LogP contribution in [0.5, 0.6) is 5.75 Å². The van der Waals surface area contributed by atoms with Gasteiger partial charge in [-0.25, -0.2) is 0 Å². The first-order chi connectivity index (χ1) is 13.6. The fourth-order valence-corrected chi connectivity index (χ4v) is 3.05. The molecule has 0 saturated carbocycles. The molecule has 0 aromatic heterocycles. The van der Waals surface area contributed by atoms with Gasteiger partial charge in [0.15, 0.2) is 0 Å². The summed E-state index contributed by atoms with van der Waals surface area (Å²) in [6.45, 7) is 25.2. The van der Waals surface area contributed by atoms with E-state index < -0.39 is 28.6 Å². The van der Waals surface area contributed by atoms with Crippen LogP contribution in [0.25, 0.3) is 0 Å². The van der Waals surface area contributed by atoms with Crippen LogP contribution < -0.4 is 15.7 Å². The molecule has 0 aliphatic rings. The largest absolute Gasteiger partial charge is 0.871 e. The van der Waals surface area contributed by atoms with Gasteiger partial charge >= 0.3 is 0 Å². The Morgan fingerprint density at radius 1 is 0.767 bits per heavy atom. The Morgan fingerprint density at radius 2 is 1.07 bits per heavy atom. The number of nitrogens with one attached hydrogen (secondary N) is 2. The Morgan fingerprint density at radius 3 is 1.27 bits per heavy atom. The van der Waals surface area contributed by atoms with Crippen LogP contribution in [-0.4, -0.2) is 53.6 Å². The van der Waals surface area contributed by atoms with Crippen LogP contribution >= 0.6 is 0 Å². The van der Waals surface area contributed by atoms with Gasteiger partial charge in [-0.1, -0.05) is 23.9 Å². The van der Waals surface area contributed by atoms with E-state index in [2.05, 4.69) is 38.3 Å². The number of hydrogen-bond donors (Lipinski definition) is 2. The molecular weight excluding hydrogens is 378 g/mol. The van der Waals surface area contributed by atoms with Crippen molar-refractivity contribution in [3.8, 4) is 5.75 Å². The van der Waals surface area contributed by atoms with E-state index in [-0.39, 0.29) is 11.1 Å². The zero-order chi connectivity index (χ0) is 23.8. The smallest absolute Gasteiger partial charge is 0.251 e. The van der Waals surface area contributed by atoms with Crippen LogP contribution in [0.4, 0.5) is 0 Å². The van der Waals surface area contributed by atoms with Crippen molar-refractivity contribution in [2.45, 2.75) is 80.3 Å². The Hall–Kier alpha value is -2.08. The minimum atomic E-state index is -0.555. The molecule has 1 aromatic rings. The first-order valence-corrected chi connectivity index (χ1v) is 10.9. The second kappa shape index (κ2) is 11.3. The SMILES string of the molecule is CC(C)(C)NC(=O)c1cccc(C(=O)NC(C)(C)C)c1[O-].CC[N+](CC)(CC)CC. The van der Waals surface area contributed by atoms with E-state index in [1.807, 2.05) is 41.5 Å². The third-order valence-electron chi connectivity index (χ3n) is 5.16. The molecule has 0 aliphatic carbocycles. The summed E-state index contributed by atoms with van der Waals surface area (Å²) in [6.07, 6.45) is 0. The van der Waals surface area contributed by atoms with Crippen molar-refractivity contribution in [2.24, 2.45) is 0 Å². The van der Waals surface area contributed by atoms with Crippen LogP contribution in [0, 0.1) is 0 Å². The molecule has 0 heterocycles. The molecule has 0 unspecified atom stereocenters. The molecule has 2 N–H and O–H groups in total. The van der Waals surface area contributed by atoms with E-state index in [0.29, 0.717) is 0 Å². The average molecular weight is 422 g/mol. The van der Waals surface area contributed by atoms with Crippen molar-refractivity contribution in [1.82, 2.24) is 10.6 Å². The lowest BCUT2D eigenvalue weighted by molar-refractivity contribution is -0.921. The molecule has 172 valence electrons. The molecule has 1 rings (SSSR count). The monoisotopic (exact) mass is 421 g/mol. The lowest BCUT2D eigenvalue weighted by atomic mass is 10.0. The lowest BCUT2D eigenvalue weighted by Gasteiger charge is -2.34. The third-order valence-corrected chi connectivity index (χ3v) is 5.16. The summed E-state index contributed by atoms with van der Waals surface area (Å²) >= 11 is 0. The van der Waals surface area contributed by atoms with Crippen molar-refractivity contribution in [1.29, 1.82) is 0 Å². The maximum atomic E-state index is 12.3. The summed E-state index contributed by atoms with van der Waals surface area (Å²) in [5.74, 6) is -1.50. The highest BCUT2D eigenvalue weighted by Gasteiger charge is 2.20. The van der Waals surface area contributed by atoms with E-state index in [1.54, 1.807) is 0 Å². The Bertz CT molecular complexity index is 633. The maximum absolute atomic E-state index is 12.3. The Balaban J connectivity index is 0.000000787. The van der Waals surface area contributed by atoms with E-state index in [1.165, 1.54) is 48.9 Å². The molecule has 2 amide bonds. The zero-order valence-corrected chi connectivity index (χ0v) is 20.7. The number of carbonyl (C=O) groups is 2. The van der Waals surface area contributed by atoms with Gasteiger partial charge in [-0.05, 0) is 69.2 Å². The van der Waals surface area contributed by atoms with Crippen molar-refractivity contribution in [3.63, 3.8) is 0 Å². The molecule has 0 atom stereocenters. The van der Waals surface area contributed by atoms with Gasteiger partial charge in [-0.3, -0.25) is 9.59 Å². The average Bonchev–Trinajstić information content (AvgIpc) is 2.62. The quantitative estimate of drug-likeness (QED) is 0.687. The molecule has 0 saturated heterocycles. The molecule has 0 fully saturated rings. The lowest BCUT2D eigenvalue weighted by Crippen LogP contribution is -2.47. The van der Waals surface area contributed by atoms with Crippen molar-refractivity contribution < 1.29 is 19.2 Å². The summed E-state index contributed by atoms with van der Waals surface area (Å²) in [5, 5.41) is 17.7. The molecular formula is C24H43N3O3. The van der Waals surface area contributed by atoms with Crippen LogP contribution in [-0.2, 0) is 0 Å². The van der Waals surface area contributed by atoms with Crippen LogP contribution in [0.1, 0.15) is 90.0 Å². The van der Waals surface area contributed by atoms with Crippen LogP contribution in [0.3, 0.4) is 0 Å². The van der Waals surface area contributed by atoms with Crippen LogP contribution in [0.15, 0.2) is 18.2 Å². The highest BCUT2D eigenvalue weighted by atomic mass is 16.3. The summed E-state index contributed by atoms with van der Waals surface area (Å²) < 4.78 is 1.28. The first kappa shape index (κ1) is 27.9. The van der Waals surface area contributed by atoms with Gasteiger partial charge in [0.25, 0.3) is 11.8 Å². The topological polar surface area (TPSA) is 81.3 Å². The van der Waals surface area contributed by atoms with Crippen molar-refractivity contribution in [2.75, 3.05) is 26.2 Å². The van der Waals surface area contributed by atoms with Gasteiger partial charge in [-0.15, -0.1) is 0 Å². The fraction of sp³-hybridized carbons (Fsp3) is 0.667. The molecule has 1 aromatic carbocycles. The van der Waals surface area contributed by atoms with E-state index >= 15 is 0 Å². The summed E-state index contributed by atoms with van der Waals surface area (Å²) in [5.41, 5.74) is -0.946. The van der Waals surface area contributed by atoms with Gasteiger partial charge < -0.3 is 20.2 Å². The number of rotatable bonds is 6. The number of benzene rings is 1. The predicted molar refractivity (Wildman–Crippen MR) is 123 cm³/mol. The number of nitrogens with zero attached hydrogens (tertiary/aromatic N) is 1. The highest BCUT2D eigenvalue weighted by molar-refractivity contribution is 6.04. The minimum Gasteiger partial charge on any atom is -0.871 e. The van der Waals surface area contributed by atoms with E-state index in [4.69, 9.17) is 0 Å². The maximum Gasteiger partial charge on any atom is 0.251 e. The molecule has 0 bridgehead atoms. The van der Waals surface area contributed by atoms with E-state index in [9.17, 15) is 14.7 Å². The van der Waals surface area contributed by atoms with Gasteiger partial charge in [0.05, 0.1) is 26.2 Å². The molecule has 0 aliphatic heterocycles.